The van der Waals surface area contributed by atoms with Crippen molar-refractivity contribution < 1.29 is 37.3 Å². The summed E-state index contributed by atoms with van der Waals surface area (Å²) in [7, 11) is 2.71. The van der Waals surface area contributed by atoms with Crippen molar-refractivity contribution in [2.75, 3.05) is 34.1 Å². The van der Waals surface area contributed by atoms with E-state index in [0.29, 0.717) is 36.8 Å². The fraction of sp³-hybridized carbons (Fsp3) is 0.444. The third-order valence-electron chi connectivity index (χ3n) is 6.52. The molecule has 0 unspecified atom stereocenters. The third-order valence-corrected chi connectivity index (χ3v) is 6.52. The number of piperidine rings is 1. The lowest BCUT2D eigenvalue weighted by molar-refractivity contribution is -0.149. The van der Waals surface area contributed by atoms with Gasteiger partial charge in [-0.25, -0.2) is 13.9 Å². The first kappa shape index (κ1) is 27.3. The number of hydrogen-bond donors (Lipinski definition) is 0. The maximum absolute atomic E-state index is 14.3. The van der Waals surface area contributed by atoms with Gasteiger partial charge in [-0.05, 0) is 51.3 Å². The molecule has 1 saturated heterocycles. The fourth-order valence-corrected chi connectivity index (χ4v) is 4.64. The summed E-state index contributed by atoms with van der Waals surface area (Å²) in [6.07, 6.45) is 1.86. The van der Waals surface area contributed by atoms with Gasteiger partial charge in [0.25, 0.3) is 0 Å². The lowest BCUT2D eigenvalue weighted by Crippen LogP contribution is -2.50. The third kappa shape index (κ3) is 5.28. The topological polar surface area (TPSA) is 92.1 Å². The monoisotopic (exact) mass is 531 g/mol. The zero-order valence-electron chi connectivity index (χ0n) is 22.0. The van der Waals surface area contributed by atoms with Crippen LogP contribution in [0.2, 0.25) is 0 Å². The van der Waals surface area contributed by atoms with E-state index >= 15 is 0 Å². The van der Waals surface area contributed by atoms with Crippen LogP contribution in [0.15, 0.2) is 36.5 Å². The Labute approximate surface area is 219 Å². The molecule has 0 N–H and O–H groups in total. The molecule has 11 heteroatoms. The summed E-state index contributed by atoms with van der Waals surface area (Å²) in [5.74, 6) is -2.91. The highest BCUT2D eigenvalue weighted by molar-refractivity contribution is 5.87. The van der Waals surface area contributed by atoms with E-state index in [-0.39, 0.29) is 18.2 Å². The van der Waals surface area contributed by atoms with Crippen LogP contribution >= 0.6 is 0 Å². The van der Waals surface area contributed by atoms with E-state index in [4.69, 9.17) is 18.9 Å². The number of fused-ring (bicyclic) bond motifs is 1. The smallest absolute Gasteiger partial charge is 0.410 e. The molecule has 38 heavy (non-hydrogen) atoms. The van der Waals surface area contributed by atoms with Gasteiger partial charge in [-0.3, -0.25) is 4.79 Å². The van der Waals surface area contributed by atoms with Gasteiger partial charge < -0.3 is 23.8 Å². The molecule has 1 aliphatic heterocycles. The first-order chi connectivity index (χ1) is 18.0. The molecule has 0 radical (unpaired) electrons. The molecular formula is C27H31F2N3O6. The van der Waals surface area contributed by atoms with Gasteiger partial charge in [-0.1, -0.05) is 6.07 Å². The summed E-state index contributed by atoms with van der Waals surface area (Å²) in [5, 5.41) is 5.04. The minimum absolute atomic E-state index is 0.246. The summed E-state index contributed by atoms with van der Waals surface area (Å²) in [6.45, 7) is 5.80. The van der Waals surface area contributed by atoms with E-state index in [0.717, 1.165) is 11.6 Å². The molecule has 0 saturated carbocycles. The highest BCUT2D eigenvalue weighted by Crippen LogP contribution is 2.39. The van der Waals surface area contributed by atoms with Gasteiger partial charge in [0.1, 0.15) is 5.60 Å². The summed E-state index contributed by atoms with van der Waals surface area (Å²) in [4.78, 5) is 27.2. The van der Waals surface area contributed by atoms with Crippen molar-refractivity contribution in [1.29, 1.82) is 0 Å². The minimum Gasteiger partial charge on any atom is -0.468 e. The Morgan fingerprint density at radius 2 is 1.79 bits per heavy atom. The van der Waals surface area contributed by atoms with Crippen LogP contribution < -0.4 is 4.74 Å². The fourth-order valence-electron chi connectivity index (χ4n) is 4.64. The van der Waals surface area contributed by atoms with Crippen molar-refractivity contribution in [2.24, 2.45) is 0 Å². The molecule has 3 aromatic rings. The summed E-state index contributed by atoms with van der Waals surface area (Å²) in [6, 6.07) is 7.75. The Morgan fingerprint density at radius 3 is 2.42 bits per heavy atom. The molecule has 2 heterocycles. The van der Waals surface area contributed by atoms with Crippen LogP contribution in [-0.4, -0.2) is 66.4 Å². The first-order valence-corrected chi connectivity index (χ1v) is 12.1. The number of hydrogen-bond acceptors (Lipinski definition) is 7. The summed E-state index contributed by atoms with van der Waals surface area (Å²) >= 11 is 0. The molecule has 1 fully saturated rings. The summed E-state index contributed by atoms with van der Waals surface area (Å²) in [5.41, 5.74) is 0.0000729. The molecule has 0 spiro atoms. The molecule has 9 nitrogen and oxygen atoms in total. The summed E-state index contributed by atoms with van der Waals surface area (Å²) < 4.78 is 50.5. The van der Waals surface area contributed by atoms with Crippen molar-refractivity contribution in [1.82, 2.24) is 14.7 Å². The number of rotatable bonds is 6. The number of likely N-dealkylation sites (tertiary alicyclic amines) is 1. The number of benzene rings is 2. The van der Waals surface area contributed by atoms with Gasteiger partial charge in [-0.15, -0.1) is 0 Å². The van der Waals surface area contributed by atoms with Crippen molar-refractivity contribution >= 4 is 23.0 Å². The highest BCUT2D eigenvalue weighted by Gasteiger charge is 2.45. The first-order valence-electron chi connectivity index (χ1n) is 12.1. The predicted molar refractivity (Wildman–Crippen MR) is 134 cm³/mol. The second kappa shape index (κ2) is 10.6. The molecule has 204 valence electrons. The second-order valence-electron chi connectivity index (χ2n) is 10.2. The molecule has 4 rings (SSSR count). The minimum atomic E-state index is -1.12. The standard InChI is InChI=1S/C27H31F2N3O6/c1-26(2,3)38-25(34)31-10-8-27(9-11-31,24(33)36-5)18-6-7-21-17(12-18)15-30-32(21)19-13-20(28)23(29)22(14-19)37-16-35-4/h6-7,12-15H,8-11,16H2,1-5H3. The average molecular weight is 532 g/mol. The number of aromatic nitrogens is 2. The molecule has 0 aliphatic carbocycles. The number of methoxy groups -OCH3 is 2. The number of halogens is 2. The molecule has 1 amide bonds. The van der Waals surface area contributed by atoms with Crippen LogP contribution in [0.5, 0.6) is 5.75 Å². The molecule has 0 bridgehead atoms. The van der Waals surface area contributed by atoms with Crippen LogP contribution in [-0.2, 0) is 24.4 Å². The highest BCUT2D eigenvalue weighted by atomic mass is 19.2. The zero-order valence-corrected chi connectivity index (χ0v) is 22.0. The Bertz CT molecular complexity index is 1340. The van der Waals surface area contributed by atoms with Gasteiger partial charge in [0.15, 0.2) is 18.4 Å². The molecule has 1 aliphatic rings. The number of ether oxygens (including phenoxy) is 4. The van der Waals surface area contributed by atoms with E-state index in [1.165, 1.54) is 25.0 Å². The van der Waals surface area contributed by atoms with Crippen LogP contribution in [0.25, 0.3) is 16.6 Å². The number of carbonyl (C=O) groups is 2. The van der Waals surface area contributed by atoms with Gasteiger partial charge in [-0.2, -0.15) is 9.49 Å². The normalized spacial score (nSPS) is 15.4. The Kier molecular flexibility index (Phi) is 7.59. The van der Waals surface area contributed by atoms with E-state index in [1.54, 1.807) is 44.0 Å². The largest absolute Gasteiger partial charge is 0.468 e. The van der Waals surface area contributed by atoms with Gasteiger partial charge in [0.2, 0.25) is 5.82 Å². The van der Waals surface area contributed by atoms with Crippen molar-refractivity contribution in [3.8, 4) is 11.4 Å². The van der Waals surface area contributed by atoms with Crippen LogP contribution in [0, 0.1) is 11.6 Å². The number of carbonyl (C=O) groups excluding carboxylic acids is 2. The van der Waals surface area contributed by atoms with E-state index < -0.39 is 34.7 Å². The SMILES string of the molecule is COCOc1cc(-n2ncc3cc(C4(C(=O)OC)CCN(C(=O)OC(C)(C)C)CC4)ccc32)cc(F)c1F. The van der Waals surface area contributed by atoms with Gasteiger partial charge in [0.05, 0.1) is 29.9 Å². The lowest BCUT2D eigenvalue weighted by atomic mass is 9.72. The van der Waals surface area contributed by atoms with E-state index in [2.05, 4.69) is 5.10 Å². The maximum atomic E-state index is 14.3. The maximum Gasteiger partial charge on any atom is 0.410 e. The van der Waals surface area contributed by atoms with Gasteiger partial charge >= 0.3 is 12.1 Å². The van der Waals surface area contributed by atoms with Crippen LogP contribution in [0.4, 0.5) is 13.6 Å². The number of nitrogens with zero attached hydrogens (tertiary/aromatic N) is 3. The lowest BCUT2D eigenvalue weighted by Gasteiger charge is -2.40. The Morgan fingerprint density at radius 1 is 1.08 bits per heavy atom. The van der Waals surface area contributed by atoms with Gasteiger partial charge in [0, 0.05) is 37.7 Å². The second-order valence-corrected chi connectivity index (χ2v) is 10.2. The van der Waals surface area contributed by atoms with Crippen molar-refractivity contribution in [2.45, 2.75) is 44.6 Å². The van der Waals surface area contributed by atoms with Crippen LogP contribution in [0.1, 0.15) is 39.2 Å². The van der Waals surface area contributed by atoms with E-state index in [9.17, 15) is 18.4 Å². The zero-order chi connectivity index (χ0) is 27.7. The molecule has 2 aromatic carbocycles. The van der Waals surface area contributed by atoms with Crippen molar-refractivity contribution in [3.63, 3.8) is 0 Å². The van der Waals surface area contributed by atoms with Crippen molar-refractivity contribution in [3.05, 3.63) is 53.7 Å². The average Bonchev–Trinajstić information content (AvgIpc) is 3.31. The number of amides is 1. The molecule has 0 atom stereocenters. The predicted octanol–water partition coefficient (Wildman–Crippen LogP) is 4.73. The van der Waals surface area contributed by atoms with E-state index in [1.807, 2.05) is 6.07 Å². The Balaban J connectivity index is 1.65. The Hall–Kier alpha value is -3.73. The molecular weight excluding hydrogens is 500 g/mol. The quantitative estimate of drug-likeness (QED) is 0.336. The number of esters is 1. The molecule has 1 aromatic heterocycles. The van der Waals surface area contributed by atoms with Crippen LogP contribution in [0.3, 0.4) is 0 Å².